The molecule has 2 N–H and O–H groups in total. The minimum atomic E-state index is -1.57. The predicted octanol–water partition coefficient (Wildman–Crippen LogP) is 3.52. The Morgan fingerprint density at radius 3 is 2.68 bits per heavy atom. The molecule has 0 spiro atoms. The highest BCUT2D eigenvalue weighted by Gasteiger charge is 2.54. The van der Waals surface area contributed by atoms with Crippen LogP contribution in [0.25, 0.3) is 0 Å². The summed E-state index contributed by atoms with van der Waals surface area (Å²) >= 11 is 0. The Morgan fingerprint density at radius 1 is 1.21 bits per heavy atom. The Morgan fingerprint density at radius 2 is 2.00 bits per heavy atom. The first kappa shape index (κ1) is 18.5. The van der Waals surface area contributed by atoms with Crippen molar-refractivity contribution in [3.63, 3.8) is 0 Å². The number of allylic oxidation sites excluding steroid dienone is 2. The molecule has 0 saturated heterocycles. The zero-order chi connectivity index (χ0) is 20.1. The molecule has 0 amide bonds. The number of aromatic hydroxyl groups is 1. The number of hydrogen-bond donors (Lipinski definition) is 2. The largest absolute Gasteiger partial charge is 0.508 e. The van der Waals surface area contributed by atoms with Crippen LogP contribution in [0.1, 0.15) is 36.5 Å². The van der Waals surface area contributed by atoms with E-state index in [2.05, 4.69) is 6.08 Å². The van der Waals surface area contributed by atoms with E-state index >= 15 is 0 Å². The number of phenolic OH excluding ortho intramolecular Hbond substituents is 1. The lowest BCUT2D eigenvalue weighted by atomic mass is 9.82. The first-order valence-electron chi connectivity index (χ1n) is 9.16. The summed E-state index contributed by atoms with van der Waals surface area (Å²) < 4.78 is 23.1. The summed E-state index contributed by atoms with van der Waals surface area (Å²) in [5.74, 6) is 0.314. The average molecular weight is 384 g/mol. The molecule has 0 bridgehead atoms. The van der Waals surface area contributed by atoms with Crippen molar-refractivity contribution in [2.75, 3.05) is 20.8 Å². The molecule has 2 aromatic rings. The van der Waals surface area contributed by atoms with Gasteiger partial charge in [-0.1, -0.05) is 17.7 Å². The van der Waals surface area contributed by atoms with E-state index in [0.717, 1.165) is 16.7 Å². The van der Waals surface area contributed by atoms with E-state index in [1.807, 2.05) is 19.9 Å². The van der Waals surface area contributed by atoms with Gasteiger partial charge in [-0.15, -0.1) is 0 Å². The molecule has 0 saturated carbocycles. The Kier molecular flexibility index (Phi) is 4.38. The summed E-state index contributed by atoms with van der Waals surface area (Å²) in [5, 5.41) is 21.0. The summed E-state index contributed by atoms with van der Waals surface area (Å²) in [4.78, 5) is 0. The maximum atomic E-state index is 11.2. The maximum absolute atomic E-state index is 11.2. The molecule has 2 aliphatic rings. The highest BCUT2D eigenvalue weighted by atomic mass is 16.7. The van der Waals surface area contributed by atoms with Crippen molar-refractivity contribution in [3.05, 3.63) is 52.6 Å². The molecule has 6 heteroatoms. The molecule has 6 nitrogen and oxygen atoms in total. The lowest BCUT2D eigenvalue weighted by Crippen LogP contribution is -2.47. The Labute approximate surface area is 163 Å². The summed E-state index contributed by atoms with van der Waals surface area (Å²) in [6.45, 7) is 4.03. The van der Waals surface area contributed by atoms with Crippen molar-refractivity contribution >= 4 is 0 Å². The van der Waals surface area contributed by atoms with Gasteiger partial charge < -0.3 is 29.2 Å². The van der Waals surface area contributed by atoms with Gasteiger partial charge in [0.15, 0.2) is 6.61 Å². The molecule has 0 fully saturated rings. The van der Waals surface area contributed by atoms with Crippen LogP contribution in [0.15, 0.2) is 35.9 Å². The van der Waals surface area contributed by atoms with Crippen LogP contribution in [-0.2, 0) is 6.42 Å². The van der Waals surface area contributed by atoms with Gasteiger partial charge in [-0.2, -0.15) is 0 Å². The van der Waals surface area contributed by atoms with E-state index in [-0.39, 0.29) is 12.4 Å². The summed E-state index contributed by atoms with van der Waals surface area (Å²) in [6.07, 6.45) is 2.72. The fourth-order valence-corrected chi connectivity index (χ4v) is 4.00. The third kappa shape index (κ3) is 2.76. The summed E-state index contributed by atoms with van der Waals surface area (Å²) in [5.41, 5.74) is 3.56. The van der Waals surface area contributed by atoms with Crippen LogP contribution in [0, 0.1) is 0 Å². The third-order valence-electron chi connectivity index (χ3n) is 5.25. The fourth-order valence-electron chi connectivity index (χ4n) is 4.00. The Hall–Kier alpha value is -2.86. The standard InChI is InChI=1S/C22H24O6/c1-12(2)5-7-15-16(25-3)10-18-19(21(15)26-4)20-14-8-6-13(23)9-17(14)28-22(20,24)11-27-18/h5-6,8-10,20,23-24H,7,11H2,1-4H3. The summed E-state index contributed by atoms with van der Waals surface area (Å²) in [7, 11) is 3.21. The molecule has 0 radical (unpaired) electrons. The molecule has 148 valence electrons. The Bertz CT molecular complexity index is 960. The van der Waals surface area contributed by atoms with E-state index in [9.17, 15) is 10.2 Å². The van der Waals surface area contributed by atoms with Gasteiger partial charge in [0.2, 0.25) is 0 Å². The number of phenols is 1. The minimum absolute atomic E-state index is 0.0419. The average Bonchev–Trinajstić information content (AvgIpc) is 2.96. The number of ether oxygens (including phenoxy) is 4. The highest BCUT2D eigenvalue weighted by Crippen LogP contribution is 2.57. The summed E-state index contributed by atoms with van der Waals surface area (Å²) in [6, 6.07) is 6.69. The second-order valence-electron chi connectivity index (χ2n) is 7.38. The van der Waals surface area contributed by atoms with Crippen LogP contribution < -0.4 is 18.9 Å². The van der Waals surface area contributed by atoms with E-state index in [1.165, 1.54) is 11.6 Å². The minimum Gasteiger partial charge on any atom is -0.508 e. The second-order valence-corrected chi connectivity index (χ2v) is 7.38. The van der Waals surface area contributed by atoms with Crippen LogP contribution in [0.5, 0.6) is 28.7 Å². The molecule has 2 unspecified atom stereocenters. The number of methoxy groups -OCH3 is 2. The van der Waals surface area contributed by atoms with Crippen molar-refractivity contribution in [2.24, 2.45) is 0 Å². The van der Waals surface area contributed by atoms with Gasteiger partial charge in [-0.05, 0) is 26.3 Å². The smallest absolute Gasteiger partial charge is 0.253 e. The number of fused-ring (bicyclic) bond motifs is 5. The van der Waals surface area contributed by atoms with Gasteiger partial charge in [-0.3, -0.25) is 0 Å². The lowest BCUT2D eigenvalue weighted by molar-refractivity contribution is -0.163. The van der Waals surface area contributed by atoms with Crippen LogP contribution in [0.3, 0.4) is 0 Å². The zero-order valence-corrected chi connectivity index (χ0v) is 16.4. The Balaban J connectivity index is 1.96. The number of aliphatic hydroxyl groups is 1. The predicted molar refractivity (Wildman–Crippen MR) is 104 cm³/mol. The van der Waals surface area contributed by atoms with Crippen LogP contribution in [0.2, 0.25) is 0 Å². The highest BCUT2D eigenvalue weighted by molar-refractivity contribution is 5.65. The van der Waals surface area contributed by atoms with E-state index in [0.29, 0.717) is 29.4 Å². The second kappa shape index (κ2) is 6.63. The molecule has 4 rings (SSSR count). The van der Waals surface area contributed by atoms with Crippen LogP contribution in [-0.4, -0.2) is 36.8 Å². The SMILES string of the molecule is COc1cc2c(c(OC)c1CC=C(C)C)C1c3ccc(O)cc3OC1(O)CO2. The molecule has 2 aromatic carbocycles. The van der Waals surface area contributed by atoms with Gasteiger partial charge >= 0.3 is 0 Å². The van der Waals surface area contributed by atoms with Gasteiger partial charge in [0.05, 0.1) is 25.7 Å². The van der Waals surface area contributed by atoms with E-state index < -0.39 is 11.7 Å². The first-order valence-corrected chi connectivity index (χ1v) is 9.16. The van der Waals surface area contributed by atoms with Gasteiger partial charge in [-0.25, -0.2) is 0 Å². The monoisotopic (exact) mass is 384 g/mol. The molecular weight excluding hydrogens is 360 g/mol. The van der Waals surface area contributed by atoms with E-state index in [4.69, 9.17) is 18.9 Å². The van der Waals surface area contributed by atoms with Crippen LogP contribution >= 0.6 is 0 Å². The third-order valence-corrected chi connectivity index (χ3v) is 5.25. The fraction of sp³-hybridized carbons (Fsp3) is 0.364. The van der Waals surface area contributed by atoms with Crippen molar-refractivity contribution < 1.29 is 29.2 Å². The molecule has 0 aliphatic carbocycles. The quantitative estimate of drug-likeness (QED) is 0.786. The molecule has 28 heavy (non-hydrogen) atoms. The number of rotatable bonds is 4. The topological polar surface area (TPSA) is 77.4 Å². The van der Waals surface area contributed by atoms with Crippen molar-refractivity contribution in [1.29, 1.82) is 0 Å². The van der Waals surface area contributed by atoms with Crippen molar-refractivity contribution in [3.8, 4) is 28.7 Å². The van der Waals surface area contributed by atoms with Crippen LogP contribution in [0.4, 0.5) is 0 Å². The van der Waals surface area contributed by atoms with E-state index in [1.54, 1.807) is 26.4 Å². The molecule has 2 atom stereocenters. The molecule has 2 aliphatic heterocycles. The van der Waals surface area contributed by atoms with Crippen molar-refractivity contribution in [2.45, 2.75) is 32.0 Å². The number of benzene rings is 2. The first-order chi connectivity index (χ1) is 13.4. The number of hydrogen-bond acceptors (Lipinski definition) is 6. The molecule has 0 aromatic heterocycles. The van der Waals surface area contributed by atoms with Gasteiger partial charge in [0.1, 0.15) is 28.7 Å². The molecule has 2 heterocycles. The van der Waals surface area contributed by atoms with Gasteiger partial charge in [0.25, 0.3) is 5.79 Å². The van der Waals surface area contributed by atoms with Crippen molar-refractivity contribution in [1.82, 2.24) is 0 Å². The maximum Gasteiger partial charge on any atom is 0.253 e. The zero-order valence-electron chi connectivity index (χ0n) is 16.4. The normalized spacial score (nSPS) is 21.5. The molecular formula is C22H24O6. The van der Waals surface area contributed by atoms with Gasteiger partial charge in [0, 0.05) is 23.3 Å². The lowest BCUT2D eigenvalue weighted by Gasteiger charge is -2.36.